The molecule has 0 fully saturated rings. The molecule has 0 spiro atoms. The van der Waals surface area contributed by atoms with Gasteiger partial charge in [-0.2, -0.15) is 0 Å². The van der Waals surface area contributed by atoms with Gasteiger partial charge in [0.05, 0.1) is 12.1 Å². The fourth-order valence-electron chi connectivity index (χ4n) is 3.30. The SMILES string of the molecule is Cc1ccc(NC(=O)Cc2ccc(Cl)cc2)nc1-c1cn(C)c(=O)c2[nH]ccc12. The van der Waals surface area contributed by atoms with Crippen LogP contribution in [0, 0.1) is 6.92 Å². The van der Waals surface area contributed by atoms with E-state index in [2.05, 4.69) is 15.3 Å². The third kappa shape index (κ3) is 3.79. The quantitative estimate of drug-likeness (QED) is 0.536. The first kappa shape index (κ1) is 19.0. The molecule has 146 valence electrons. The van der Waals surface area contributed by atoms with E-state index in [1.54, 1.807) is 37.6 Å². The molecule has 0 aliphatic carbocycles. The lowest BCUT2D eigenvalue weighted by atomic mass is 10.0. The molecule has 1 aromatic carbocycles. The number of carbonyl (C=O) groups excluding carboxylic acids is 1. The number of amides is 1. The maximum Gasteiger partial charge on any atom is 0.274 e. The van der Waals surface area contributed by atoms with E-state index in [9.17, 15) is 9.59 Å². The predicted molar refractivity (Wildman–Crippen MR) is 115 cm³/mol. The fraction of sp³-hybridized carbons (Fsp3) is 0.136. The standard InChI is InChI=1S/C22H19ClN4O2/c1-13-3-8-18(25-19(28)11-14-4-6-15(23)7-5-14)26-20(13)17-12-27(2)22(29)21-16(17)9-10-24-21/h3-10,12,24H,11H2,1-2H3,(H,25,26,28). The average molecular weight is 407 g/mol. The summed E-state index contributed by atoms with van der Waals surface area (Å²) in [7, 11) is 1.71. The number of anilines is 1. The van der Waals surface area contributed by atoms with Gasteiger partial charge in [-0.05, 0) is 42.3 Å². The van der Waals surface area contributed by atoms with Crippen LogP contribution in [-0.2, 0) is 18.3 Å². The Kier molecular flexibility index (Phi) is 4.94. The van der Waals surface area contributed by atoms with Crippen molar-refractivity contribution >= 4 is 34.2 Å². The molecule has 0 unspecified atom stereocenters. The first-order valence-corrected chi connectivity index (χ1v) is 9.49. The third-order valence-corrected chi connectivity index (χ3v) is 5.04. The number of carbonyl (C=O) groups is 1. The second kappa shape index (κ2) is 7.56. The van der Waals surface area contributed by atoms with Crippen molar-refractivity contribution in [2.75, 3.05) is 5.32 Å². The van der Waals surface area contributed by atoms with Gasteiger partial charge in [0, 0.05) is 35.4 Å². The Morgan fingerprint density at radius 2 is 1.93 bits per heavy atom. The predicted octanol–water partition coefficient (Wildman–Crippen LogP) is 4.07. The van der Waals surface area contributed by atoms with Crippen LogP contribution in [0.4, 0.5) is 5.82 Å². The van der Waals surface area contributed by atoms with Crippen LogP contribution in [0.1, 0.15) is 11.1 Å². The highest BCUT2D eigenvalue weighted by molar-refractivity contribution is 6.30. The number of aromatic amines is 1. The Bertz CT molecular complexity index is 1270. The highest BCUT2D eigenvalue weighted by atomic mass is 35.5. The Morgan fingerprint density at radius 1 is 1.17 bits per heavy atom. The van der Waals surface area contributed by atoms with E-state index in [1.807, 2.05) is 31.2 Å². The van der Waals surface area contributed by atoms with Crippen molar-refractivity contribution in [2.45, 2.75) is 13.3 Å². The molecule has 7 heteroatoms. The molecule has 0 radical (unpaired) electrons. The van der Waals surface area contributed by atoms with Crippen LogP contribution in [0.2, 0.25) is 5.02 Å². The molecule has 6 nitrogen and oxygen atoms in total. The topological polar surface area (TPSA) is 79.8 Å². The van der Waals surface area contributed by atoms with E-state index in [1.165, 1.54) is 4.57 Å². The van der Waals surface area contributed by atoms with E-state index in [-0.39, 0.29) is 17.9 Å². The number of hydrogen-bond acceptors (Lipinski definition) is 3. The Hall–Kier alpha value is -3.38. The first-order chi connectivity index (χ1) is 13.9. The Labute approximate surface area is 172 Å². The number of aryl methyl sites for hydroxylation is 2. The van der Waals surface area contributed by atoms with Crippen molar-refractivity contribution in [3.8, 4) is 11.3 Å². The lowest BCUT2D eigenvalue weighted by molar-refractivity contribution is -0.115. The zero-order valence-corrected chi connectivity index (χ0v) is 16.7. The summed E-state index contributed by atoms with van der Waals surface area (Å²) >= 11 is 5.89. The van der Waals surface area contributed by atoms with Gasteiger partial charge in [-0.15, -0.1) is 0 Å². The minimum atomic E-state index is -0.165. The van der Waals surface area contributed by atoms with Gasteiger partial charge < -0.3 is 14.9 Å². The number of aromatic nitrogens is 3. The molecule has 0 aliphatic heterocycles. The Morgan fingerprint density at radius 3 is 2.69 bits per heavy atom. The van der Waals surface area contributed by atoms with E-state index < -0.39 is 0 Å². The summed E-state index contributed by atoms with van der Waals surface area (Å²) in [6, 6.07) is 12.7. The number of nitrogens with zero attached hydrogens (tertiary/aromatic N) is 2. The van der Waals surface area contributed by atoms with E-state index in [4.69, 9.17) is 11.6 Å². The second-order valence-electron chi connectivity index (χ2n) is 6.94. The minimum absolute atomic E-state index is 0.0983. The molecule has 0 atom stereocenters. The average Bonchev–Trinajstić information content (AvgIpc) is 3.18. The number of benzene rings is 1. The molecule has 0 bridgehead atoms. The van der Waals surface area contributed by atoms with Crippen LogP contribution in [0.3, 0.4) is 0 Å². The first-order valence-electron chi connectivity index (χ1n) is 9.11. The zero-order valence-electron chi connectivity index (χ0n) is 16.0. The number of nitrogens with one attached hydrogen (secondary N) is 2. The highest BCUT2D eigenvalue weighted by Crippen LogP contribution is 2.28. The van der Waals surface area contributed by atoms with Crippen molar-refractivity contribution in [1.29, 1.82) is 0 Å². The van der Waals surface area contributed by atoms with Gasteiger partial charge in [-0.25, -0.2) is 4.98 Å². The number of rotatable bonds is 4. The molecule has 0 aliphatic rings. The highest BCUT2D eigenvalue weighted by Gasteiger charge is 2.14. The summed E-state index contributed by atoms with van der Waals surface area (Å²) in [6.45, 7) is 1.95. The molecule has 0 saturated carbocycles. The normalized spacial score (nSPS) is 11.0. The molecular weight excluding hydrogens is 388 g/mol. The van der Waals surface area contributed by atoms with Crippen LogP contribution >= 0.6 is 11.6 Å². The Balaban J connectivity index is 1.66. The van der Waals surface area contributed by atoms with E-state index in [0.29, 0.717) is 16.4 Å². The molecule has 3 aromatic heterocycles. The van der Waals surface area contributed by atoms with Crippen LogP contribution in [-0.4, -0.2) is 20.4 Å². The largest absolute Gasteiger partial charge is 0.357 e. The van der Waals surface area contributed by atoms with Crippen molar-refractivity contribution in [1.82, 2.24) is 14.5 Å². The summed E-state index contributed by atoms with van der Waals surface area (Å²) in [4.78, 5) is 32.4. The summed E-state index contributed by atoms with van der Waals surface area (Å²) in [6.07, 6.45) is 3.74. The second-order valence-corrected chi connectivity index (χ2v) is 7.38. The van der Waals surface area contributed by atoms with Crippen molar-refractivity contribution in [3.05, 3.63) is 81.4 Å². The lowest BCUT2D eigenvalue weighted by Crippen LogP contribution is -2.17. The fourth-order valence-corrected chi connectivity index (χ4v) is 3.43. The number of fused-ring (bicyclic) bond motifs is 1. The van der Waals surface area contributed by atoms with Gasteiger partial charge in [0.15, 0.2) is 0 Å². The molecule has 1 amide bonds. The van der Waals surface area contributed by atoms with Crippen molar-refractivity contribution in [2.24, 2.45) is 7.05 Å². The van der Waals surface area contributed by atoms with Crippen molar-refractivity contribution in [3.63, 3.8) is 0 Å². The molecule has 29 heavy (non-hydrogen) atoms. The van der Waals surface area contributed by atoms with Gasteiger partial charge in [0.25, 0.3) is 5.56 Å². The summed E-state index contributed by atoms with van der Waals surface area (Å²) in [5.74, 6) is 0.295. The maximum absolute atomic E-state index is 12.4. The molecule has 4 aromatic rings. The molecule has 3 heterocycles. The zero-order chi connectivity index (χ0) is 20.5. The smallest absolute Gasteiger partial charge is 0.274 e. The van der Waals surface area contributed by atoms with Gasteiger partial charge in [0.1, 0.15) is 11.3 Å². The number of halogens is 1. The lowest BCUT2D eigenvalue weighted by Gasteiger charge is -2.12. The summed E-state index contributed by atoms with van der Waals surface area (Å²) in [5.41, 5.74) is 3.79. The monoisotopic (exact) mass is 406 g/mol. The van der Waals surface area contributed by atoms with Crippen LogP contribution < -0.4 is 10.9 Å². The number of hydrogen-bond donors (Lipinski definition) is 2. The molecule has 2 N–H and O–H groups in total. The van der Waals surface area contributed by atoms with Gasteiger partial charge >= 0.3 is 0 Å². The third-order valence-electron chi connectivity index (χ3n) is 4.79. The van der Waals surface area contributed by atoms with Gasteiger partial charge in [-0.3, -0.25) is 9.59 Å². The van der Waals surface area contributed by atoms with Crippen LogP contribution in [0.5, 0.6) is 0 Å². The molecular formula is C22H19ClN4O2. The number of H-pyrrole nitrogens is 1. The van der Waals surface area contributed by atoms with Crippen molar-refractivity contribution < 1.29 is 4.79 Å². The summed E-state index contributed by atoms with van der Waals surface area (Å²) in [5, 5.41) is 4.28. The minimum Gasteiger partial charge on any atom is -0.357 e. The molecule has 4 rings (SSSR count). The van der Waals surface area contributed by atoms with Gasteiger partial charge in [-0.1, -0.05) is 29.8 Å². The van der Waals surface area contributed by atoms with E-state index >= 15 is 0 Å². The number of pyridine rings is 2. The summed E-state index contributed by atoms with van der Waals surface area (Å²) < 4.78 is 1.53. The van der Waals surface area contributed by atoms with E-state index in [0.717, 1.165) is 27.8 Å². The van der Waals surface area contributed by atoms with Gasteiger partial charge in [0.2, 0.25) is 5.91 Å². The van der Waals surface area contributed by atoms with Crippen LogP contribution in [0.15, 0.2) is 59.7 Å². The van der Waals surface area contributed by atoms with Crippen LogP contribution in [0.25, 0.3) is 22.2 Å². The molecule has 0 saturated heterocycles. The maximum atomic E-state index is 12.4.